The van der Waals surface area contributed by atoms with Crippen LogP contribution in [-0.4, -0.2) is 15.4 Å². The molecule has 0 amide bonds. The van der Waals surface area contributed by atoms with Crippen molar-refractivity contribution >= 4 is 22.3 Å². The Kier molecular flexibility index (Phi) is 3.88. The molecule has 0 fully saturated rings. The molecule has 0 atom stereocenters. The molecule has 1 N–H and O–H groups in total. The van der Waals surface area contributed by atoms with Gasteiger partial charge in [-0.25, -0.2) is 4.98 Å². The number of hydrogen-bond acceptors (Lipinski definition) is 4. The molecule has 0 radical (unpaired) electrons. The number of pyridine rings is 1. The first-order valence-corrected chi connectivity index (χ1v) is 6.81. The topological polar surface area (TPSA) is 68.1 Å². The maximum atomic E-state index is 11.3. The number of para-hydroxylation sites is 1. The van der Waals surface area contributed by atoms with Crippen LogP contribution < -0.4 is 5.32 Å². The van der Waals surface area contributed by atoms with Crippen molar-refractivity contribution in [2.75, 3.05) is 5.32 Å². The first-order chi connectivity index (χ1) is 9.50. The van der Waals surface area contributed by atoms with Gasteiger partial charge in [-0.2, -0.15) is 0 Å². The zero-order valence-electron chi connectivity index (χ0n) is 12.0. The van der Waals surface area contributed by atoms with Gasteiger partial charge in [-0.15, -0.1) is 0 Å². The summed E-state index contributed by atoms with van der Waals surface area (Å²) in [5.41, 5.74) is 1.17. The lowest BCUT2D eigenvalue weighted by atomic mass is 9.94. The summed E-state index contributed by atoms with van der Waals surface area (Å²) in [4.78, 5) is 15.0. The van der Waals surface area contributed by atoms with Gasteiger partial charge in [-0.05, 0) is 25.8 Å². The number of benzene rings is 1. The molecule has 0 bridgehead atoms. The first kappa shape index (κ1) is 14.2. The van der Waals surface area contributed by atoms with Crippen molar-refractivity contribution in [3.8, 4) is 0 Å². The van der Waals surface area contributed by atoms with E-state index in [1.165, 1.54) is 6.20 Å². The minimum absolute atomic E-state index is 0.0248. The van der Waals surface area contributed by atoms with Gasteiger partial charge in [-0.3, -0.25) is 10.1 Å². The van der Waals surface area contributed by atoms with Gasteiger partial charge < -0.3 is 5.32 Å². The molecule has 0 aliphatic rings. The maximum Gasteiger partial charge on any atom is 0.311 e. The van der Waals surface area contributed by atoms with Crippen molar-refractivity contribution in [3.05, 3.63) is 40.6 Å². The Hall–Kier alpha value is -2.17. The minimum atomic E-state index is -0.381. The second-order valence-corrected chi connectivity index (χ2v) is 5.19. The summed E-state index contributed by atoms with van der Waals surface area (Å²) in [6, 6.07) is 7.47. The van der Waals surface area contributed by atoms with E-state index in [4.69, 9.17) is 0 Å². The van der Waals surface area contributed by atoms with Gasteiger partial charge in [0.2, 0.25) is 0 Å². The molecule has 2 aromatic rings. The first-order valence-electron chi connectivity index (χ1n) is 6.81. The highest BCUT2D eigenvalue weighted by Gasteiger charge is 2.25. The van der Waals surface area contributed by atoms with Crippen LogP contribution >= 0.6 is 0 Å². The molecule has 5 heteroatoms. The van der Waals surface area contributed by atoms with E-state index < -0.39 is 0 Å². The molecule has 1 aromatic heterocycles. The number of anilines is 1. The Bertz CT molecular complexity index is 636. The number of nitrogens with one attached hydrogen (secondary N) is 1. The Morgan fingerprint density at radius 1 is 1.30 bits per heavy atom. The van der Waals surface area contributed by atoms with E-state index in [9.17, 15) is 10.1 Å². The van der Waals surface area contributed by atoms with Gasteiger partial charge in [0.15, 0.2) is 0 Å². The summed E-state index contributed by atoms with van der Waals surface area (Å²) in [7, 11) is 0. The van der Waals surface area contributed by atoms with Crippen molar-refractivity contribution in [1.29, 1.82) is 0 Å². The molecule has 0 saturated carbocycles. The fourth-order valence-corrected chi connectivity index (χ4v) is 2.13. The summed E-state index contributed by atoms with van der Waals surface area (Å²) in [5, 5.41) is 15.4. The summed E-state index contributed by atoms with van der Waals surface area (Å²) < 4.78 is 0. The predicted octanol–water partition coefficient (Wildman–Crippen LogP) is 4.13. The third-order valence-electron chi connectivity index (χ3n) is 3.94. The summed E-state index contributed by atoms with van der Waals surface area (Å²) >= 11 is 0. The molecule has 0 aliphatic carbocycles. The molecular weight excluding hydrogens is 254 g/mol. The SMILES string of the molecule is CCC(C)(CC)Nc1c([N+](=O)[O-])cnc2ccccc12. The van der Waals surface area contributed by atoms with Gasteiger partial charge in [0.05, 0.1) is 10.4 Å². The van der Waals surface area contributed by atoms with Crippen molar-refractivity contribution in [3.63, 3.8) is 0 Å². The number of nitrogens with zero attached hydrogens (tertiary/aromatic N) is 2. The molecule has 0 saturated heterocycles. The summed E-state index contributed by atoms with van der Waals surface area (Å²) in [5.74, 6) is 0. The average Bonchev–Trinajstić information content (AvgIpc) is 2.47. The normalized spacial score (nSPS) is 11.6. The van der Waals surface area contributed by atoms with E-state index in [0.29, 0.717) is 5.69 Å². The quantitative estimate of drug-likeness (QED) is 0.656. The highest BCUT2D eigenvalue weighted by molar-refractivity contribution is 5.95. The third kappa shape index (κ3) is 2.57. The number of fused-ring (bicyclic) bond motifs is 1. The Labute approximate surface area is 118 Å². The van der Waals surface area contributed by atoms with Crippen molar-refractivity contribution < 1.29 is 4.92 Å². The molecule has 1 heterocycles. The molecule has 20 heavy (non-hydrogen) atoms. The monoisotopic (exact) mass is 273 g/mol. The number of nitro groups is 1. The molecule has 5 nitrogen and oxygen atoms in total. The maximum absolute atomic E-state index is 11.3. The lowest BCUT2D eigenvalue weighted by molar-refractivity contribution is -0.384. The van der Waals surface area contributed by atoms with Crippen LogP contribution in [0.25, 0.3) is 10.9 Å². The third-order valence-corrected chi connectivity index (χ3v) is 3.94. The summed E-state index contributed by atoms with van der Waals surface area (Å²) in [6.45, 7) is 6.23. The molecule has 0 aliphatic heterocycles. The highest BCUT2D eigenvalue weighted by Crippen LogP contribution is 2.34. The molecule has 2 rings (SSSR count). The van der Waals surface area contributed by atoms with Crippen LogP contribution in [-0.2, 0) is 0 Å². The largest absolute Gasteiger partial charge is 0.374 e. The van der Waals surface area contributed by atoms with Crippen LogP contribution in [0.5, 0.6) is 0 Å². The average molecular weight is 273 g/mol. The van der Waals surface area contributed by atoms with Gasteiger partial charge in [0, 0.05) is 10.9 Å². The van der Waals surface area contributed by atoms with E-state index >= 15 is 0 Å². The van der Waals surface area contributed by atoms with E-state index in [-0.39, 0.29) is 16.1 Å². The molecule has 106 valence electrons. The van der Waals surface area contributed by atoms with Crippen LogP contribution in [0, 0.1) is 10.1 Å². The van der Waals surface area contributed by atoms with E-state index in [0.717, 1.165) is 23.7 Å². The fraction of sp³-hybridized carbons (Fsp3) is 0.400. The number of rotatable bonds is 5. The Morgan fingerprint density at radius 2 is 1.95 bits per heavy atom. The van der Waals surface area contributed by atoms with Crippen LogP contribution in [0.1, 0.15) is 33.6 Å². The predicted molar refractivity (Wildman–Crippen MR) is 81.0 cm³/mol. The van der Waals surface area contributed by atoms with Crippen molar-refractivity contribution in [2.24, 2.45) is 0 Å². The zero-order chi connectivity index (χ0) is 14.8. The van der Waals surface area contributed by atoms with Crippen LogP contribution in [0.15, 0.2) is 30.5 Å². The molecule has 0 spiro atoms. The second kappa shape index (κ2) is 5.45. The minimum Gasteiger partial charge on any atom is -0.374 e. The molecular formula is C15H19N3O2. The van der Waals surface area contributed by atoms with Crippen LogP contribution in [0.2, 0.25) is 0 Å². The van der Waals surface area contributed by atoms with Crippen molar-refractivity contribution in [2.45, 2.75) is 39.2 Å². The van der Waals surface area contributed by atoms with E-state index in [1.54, 1.807) is 0 Å². The van der Waals surface area contributed by atoms with Gasteiger partial charge in [0.25, 0.3) is 0 Å². The van der Waals surface area contributed by atoms with Crippen molar-refractivity contribution in [1.82, 2.24) is 4.98 Å². The highest BCUT2D eigenvalue weighted by atomic mass is 16.6. The second-order valence-electron chi connectivity index (χ2n) is 5.19. The lowest BCUT2D eigenvalue weighted by Gasteiger charge is -2.29. The zero-order valence-corrected chi connectivity index (χ0v) is 12.0. The lowest BCUT2D eigenvalue weighted by Crippen LogP contribution is -2.33. The number of aromatic nitrogens is 1. The molecule has 1 aromatic carbocycles. The standard InChI is InChI=1S/C15H19N3O2/c1-4-15(3,5-2)17-14-11-8-6-7-9-12(11)16-10-13(14)18(19)20/h6-10H,4-5H2,1-3H3,(H,16,17). The molecule has 0 unspecified atom stereocenters. The number of hydrogen-bond donors (Lipinski definition) is 1. The van der Waals surface area contributed by atoms with Gasteiger partial charge in [0.1, 0.15) is 11.9 Å². The Morgan fingerprint density at radius 3 is 2.55 bits per heavy atom. The van der Waals surface area contributed by atoms with E-state index in [1.807, 2.05) is 24.3 Å². The Balaban J connectivity index is 2.64. The van der Waals surface area contributed by atoms with E-state index in [2.05, 4.69) is 31.1 Å². The van der Waals surface area contributed by atoms with Gasteiger partial charge in [-0.1, -0.05) is 32.0 Å². The van der Waals surface area contributed by atoms with Crippen LogP contribution in [0.4, 0.5) is 11.4 Å². The summed E-state index contributed by atoms with van der Waals surface area (Å²) in [6.07, 6.45) is 3.10. The smallest absolute Gasteiger partial charge is 0.311 e. The van der Waals surface area contributed by atoms with Crippen LogP contribution in [0.3, 0.4) is 0 Å². The fourth-order valence-electron chi connectivity index (χ4n) is 2.13. The van der Waals surface area contributed by atoms with Gasteiger partial charge >= 0.3 is 5.69 Å².